The first-order valence-electron chi connectivity index (χ1n) is 10.6. The molecule has 3 amide bonds. The van der Waals surface area contributed by atoms with Crippen molar-refractivity contribution in [2.75, 3.05) is 12.0 Å². The Bertz CT molecular complexity index is 994. The Labute approximate surface area is 196 Å². The maximum absolute atomic E-state index is 12.8. The summed E-state index contributed by atoms with van der Waals surface area (Å²) in [6, 6.07) is 3.64. The molecule has 2 aromatic rings. The van der Waals surface area contributed by atoms with Crippen molar-refractivity contribution in [3.63, 3.8) is 0 Å². The first kappa shape index (κ1) is 26.2. The Morgan fingerprint density at radius 1 is 1.03 bits per heavy atom. The SMILES string of the molecule is CSCCC(N)C(=O)NC(C)C(=O)NC(Cc1c[nH]c2ccccc12)C(=O)NC(C)C(=O)O. The number of aromatic amines is 1. The van der Waals surface area contributed by atoms with Crippen LogP contribution >= 0.6 is 11.8 Å². The van der Waals surface area contributed by atoms with Gasteiger partial charge in [0.25, 0.3) is 0 Å². The number of carbonyl (C=O) groups excluding carboxylic acids is 3. The number of nitrogens with two attached hydrogens (primary N) is 1. The number of hydrogen-bond donors (Lipinski definition) is 6. The van der Waals surface area contributed by atoms with E-state index >= 15 is 0 Å². The highest BCUT2D eigenvalue weighted by atomic mass is 32.2. The van der Waals surface area contributed by atoms with Crippen molar-refractivity contribution in [2.24, 2.45) is 5.73 Å². The molecule has 1 aromatic heterocycles. The molecule has 10 nitrogen and oxygen atoms in total. The number of carboxylic acid groups (broad SMARTS) is 1. The number of carbonyl (C=O) groups is 4. The lowest BCUT2D eigenvalue weighted by atomic mass is 10.0. The molecule has 0 bridgehead atoms. The fourth-order valence-electron chi connectivity index (χ4n) is 3.16. The topological polar surface area (TPSA) is 166 Å². The van der Waals surface area contributed by atoms with Crippen LogP contribution in [0.4, 0.5) is 0 Å². The lowest BCUT2D eigenvalue weighted by Gasteiger charge is -2.23. The summed E-state index contributed by atoms with van der Waals surface area (Å²) in [5, 5.41) is 17.6. The van der Waals surface area contributed by atoms with Crippen LogP contribution in [0.3, 0.4) is 0 Å². The molecule has 4 atom stereocenters. The Hall–Kier alpha value is -3.05. The number of carboxylic acids is 1. The van der Waals surface area contributed by atoms with E-state index in [4.69, 9.17) is 10.8 Å². The number of aromatic nitrogens is 1. The second kappa shape index (κ2) is 12.3. The van der Waals surface area contributed by atoms with Gasteiger partial charge in [-0.2, -0.15) is 11.8 Å². The Kier molecular flexibility index (Phi) is 9.74. The highest BCUT2D eigenvalue weighted by Crippen LogP contribution is 2.19. The van der Waals surface area contributed by atoms with Crippen LogP contribution < -0.4 is 21.7 Å². The smallest absolute Gasteiger partial charge is 0.325 e. The molecule has 0 radical (unpaired) electrons. The van der Waals surface area contributed by atoms with Gasteiger partial charge in [0.1, 0.15) is 18.1 Å². The number of thioether (sulfide) groups is 1. The third kappa shape index (κ3) is 7.50. The zero-order valence-electron chi connectivity index (χ0n) is 18.9. The van der Waals surface area contributed by atoms with Gasteiger partial charge in [0, 0.05) is 23.5 Å². The first-order valence-corrected chi connectivity index (χ1v) is 12.0. The number of fused-ring (bicyclic) bond motifs is 1. The van der Waals surface area contributed by atoms with Crippen molar-refractivity contribution in [3.05, 3.63) is 36.0 Å². The third-order valence-electron chi connectivity index (χ3n) is 5.18. The van der Waals surface area contributed by atoms with Crippen molar-refractivity contribution < 1.29 is 24.3 Å². The number of hydrogen-bond acceptors (Lipinski definition) is 6. The molecule has 4 unspecified atom stereocenters. The van der Waals surface area contributed by atoms with E-state index in [1.54, 1.807) is 18.0 Å². The number of benzene rings is 1. The van der Waals surface area contributed by atoms with Crippen LogP contribution in [-0.4, -0.2) is 70.0 Å². The average molecular weight is 478 g/mol. The van der Waals surface area contributed by atoms with Crippen LogP contribution in [0.15, 0.2) is 30.5 Å². The molecule has 11 heteroatoms. The van der Waals surface area contributed by atoms with E-state index in [2.05, 4.69) is 20.9 Å². The average Bonchev–Trinajstić information content (AvgIpc) is 3.19. The number of aliphatic carboxylic acids is 1. The summed E-state index contributed by atoms with van der Waals surface area (Å²) in [6.45, 7) is 2.83. The summed E-state index contributed by atoms with van der Waals surface area (Å²) in [4.78, 5) is 52.1. The van der Waals surface area contributed by atoms with Crippen LogP contribution in [0.1, 0.15) is 25.8 Å². The maximum atomic E-state index is 12.8. The van der Waals surface area contributed by atoms with E-state index in [0.717, 1.165) is 16.5 Å². The van der Waals surface area contributed by atoms with E-state index in [9.17, 15) is 19.2 Å². The molecule has 0 spiro atoms. The summed E-state index contributed by atoms with van der Waals surface area (Å²) < 4.78 is 0. The van der Waals surface area contributed by atoms with Gasteiger partial charge in [-0.3, -0.25) is 19.2 Å². The Morgan fingerprint density at radius 2 is 1.70 bits per heavy atom. The normalized spacial score (nSPS) is 14.7. The quantitative estimate of drug-likeness (QED) is 0.257. The van der Waals surface area contributed by atoms with E-state index < -0.39 is 47.9 Å². The summed E-state index contributed by atoms with van der Waals surface area (Å²) >= 11 is 1.57. The number of nitrogens with one attached hydrogen (secondary N) is 4. The number of H-pyrrole nitrogens is 1. The third-order valence-corrected chi connectivity index (χ3v) is 5.83. The monoisotopic (exact) mass is 477 g/mol. The largest absolute Gasteiger partial charge is 0.480 e. The second-order valence-electron chi connectivity index (χ2n) is 7.81. The highest BCUT2D eigenvalue weighted by molar-refractivity contribution is 7.98. The highest BCUT2D eigenvalue weighted by Gasteiger charge is 2.28. The predicted molar refractivity (Wildman–Crippen MR) is 128 cm³/mol. The van der Waals surface area contributed by atoms with Gasteiger partial charge in [0.2, 0.25) is 17.7 Å². The zero-order chi connectivity index (χ0) is 24.5. The molecule has 0 saturated heterocycles. The minimum Gasteiger partial charge on any atom is -0.480 e. The minimum atomic E-state index is -1.19. The second-order valence-corrected chi connectivity index (χ2v) is 8.80. The van der Waals surface area contributed by atoms with E-state index in [1.807, 2.05) is 30.5 Å². The molecule has 0 saturated carbocycles. The summed E-state index contributed by atoms with van der Waals surface area (Å²) in [7, 11) is 0. The zero-order valence-corrected chi connectivity index (χ0v) is 19.7. The summed E-state index contributed by atoms with van der Waals surface area (Å²) in [5.41, 5.74) is 7.50. The van der Waals surface area contributed by atoms with E-state index in [0.29, 0.717) is 12.2 Å². The molecule has 2 rings (SSSR count). The fourth-order valence-corrected chi connectivity index (χ4v) is 3.65. The van der Waals surface area contributed by atoms with Crippen LogP contribution in [0, 0.1) is 0 Å². The molecule has 7 N–H and O–H groups in total. The number of rotatable bonds is 12. The molecular formula is C22H31N5O5S. The van der Waals surface area contributed by atoms with Crippen molar-refractivity contribution in [1.82, 2.24) is 20.9 Å². The van der Waals surface area contributed by atoms with Gasteiger partial charge in [-0.1, -0.05) is 18.2 Å². The molecule has 180 valence electrons. The van der Waals surface area contributed by atoms with Gasteiger partial charge in [-0.05, 0) is 43.9 Å². The molecule has 0 aliphatic heterocycles. The van der Waals surface area contributed by atoms with E-state index in [-0.39, 0.29) is 6.42 Å². The van der Waals surface area contributed by atoms with Crippen LogP contribution in [0.5, 0.6) is 0 Å². The molecule has 0 aliphatic carbocycles. The maximum Gasteiger partial charge on any atom is 0.325 e. The summed E-state index contributed by atoms with van der Waals surface area (Å²) in [6.07, 6.45) is 4.25. The van der Waals surface area contributed by atoms with Crippen LogP contribution in [-0.2, 0) is 25.6 Å². The van der Waals surface area contributed by atoms with Gasteiger partial charge in [-0.15, -0.1) is 0 Å². The van der Waals surface area contributed by atoms with E-state index in [1.165, 1.54) is 13.8 Å². The lowest BCUT2D eigenvalue weighted by Crippen LogP contribution is -2.56. The van der Waals surface area contributed by atoms with Crippen molar-refractivity contribution in [1.29, 1.82) is 0 Å². The van der Waals surface area contributed by atoms with Crippen molar-refractivity contribution in [2.45, 2.75) is 50.9 Å². The van der Waals surface area contributed by atoms with Gasteiger partial charge in [0.15, 0.2) is 0 Å². The standard InChI is InChI=1S/C22H31N5O5S/c1-12(25-20(29)16(23)8-9-33-3)19(28)27-18(21(30)26-13(2)22(31)32)10-14-11-24-17-7-5-4-6-15(14)17/h4-7,11-13,16,18,24H,8-10,23H2,1-3H3,(H,25,29)(H,26,30)(H,27,28)(H,31,32). The molecular weight excluding hydrogens is 446 g/mol. The lowest BCUT2D eigenvalue weighted by molar-refractivity contribution is -0.141. The summed E-state index contributed by atoms with van der Waals surface area (Å²) in [5.74, 6) is -2.16. The van der Waals surface area contributed by atoms with Crippen LogP contribution in [0.2, 0.25) is 0 Å². The predicted octanol–water partition coefficient (Wildman–Crippen LogP) is 0.370. The van der Waals surface area contributed by atoms with Gasteiger partial charge in [0.05, 0.1) is 6.04 Å². The molecule has 0 fully saturated rings. The van der Waals surface area contributed by atoms with Crippen molar-refractivity contribution in [3.8, 4) is 0 Å². The molecule has 0 aliphatic rings. The van der Waals surface area contributed by atoms with Gasteiger partial charge >= 0.3 is 5.97 Å². The number of amides is 3. The first-order chi connectivity index (χ1) is 15.6. The molecule has 1 aromatic carbocycles. The Morgan fingerprint density at radius 3 is 2.36 bits per heavy atom. The molecule has 33 heavy (non-hydrogen) atoms. The fraction of sp³-hybridized carbons (Fsp3) is 0.455. The van der Waals surface area contributed by atoms with Gasteiger partial charge in [-0.25, -0.2) is 0 Å². The van der Waals surface area contributed by atoms with Crippen molar-refractivity contribution >= 4 is 46.4 Å². The van der Waals surface area contributed by atoms with Crippen LogP contribution in [0.25, 0.3) is 10.9 Å². The number of para-hydroxylation sites is 1. The Balaban J connectivity index is 2.13. The minimum absolute atomic E-state index is 0.127. The molecule has 1 heterocycles. The van der Waals surface area contributed by atoms with Gasteiger partial charge < -0.3 is 31.8 Å².